The quantitative estimate of drug-likeness (QED) is 0.724. The predicted molar refractivity (Wildman–Crippen MR) is 78.9 cm³/mol. The maximum atomic E-state index is 12.8. The number of aryl methyl sites for hydroxylation is 2. The molecule has 23 heavy (non-hydrogen) atoms. The molecular weight excluding hydrogens is 305 g/mol. The lowest BCUT2D eigenvalue weighted by Gasteiger charge is -2.09. The molecule has 0 saturated heterocycles. The van der Waals surface area contributed by atoms with Crippen molar-refractivity contribution in [3.63, 3.8) is 0 Å². The average molecular weight is 318 g/mol. The van der Waals surface area contributed by atoms with E-state index in [0.717, 1.165) is 22.7 Å². The first kappa shape index (κ1) is 15.3. The van der Waals surface area contributed by atoms with Crippen molar-refractivity contribution < 1.29 is 13.2 Å². The smallest absolute Gasteiger partial charge is 0.238 e. The van der Waals surface area contributed by atoms with Crippen LogP contribution in [0.25, 0.3) is 10.9 Å². The van der Waals surface area contributed by atoms with Gasteiger partial charge in [-0.1, -0.05) is 18.2 Å². The van der Waals surface area contributed by atoms with Crippen molar-refractivity contribution in [2.24, 2.45) is 0 Å². The molecule has 0 saturated carbocycles. The summed E-state index contributed by atoms with van der Waals surface area (Å²) in [6, 6.07) is 8.41. The van der Waals surface area contributed by atoms with Crippen LogP contribution >= 0.6 is 0 Å². The summed E-state index contributed by atoms with van der Waals surface area (Å²) in [6.45, 7) is 3.35. The van der Waals surface area contributed by atoms with Crippen molar-refractivity contribution in [1.29, 1.82) is 0 Å². The Morgan fingerprint density at radius 2 is 1.61 bits per heavy atom. The fourth-order valence-electron chi connectivity index (χ4n) is 2.37. The molecule has 3 aromatic rings. The zero-order chi connectivity index (χ0) is 16.6. The summed E-state index contributed by atoms with van der Waals surface area (Å²) in [5.41, 5.74) is 0.838. The maximum Gasteiger partial charge on any atom is 0.433 e. The second-order valence-corrected chi connectivity index (χ2v) is 5.23. The highest BCUT2D eigenvalue weighted by Gasteiger charge is 2.33. The minimum absolute atomic E-state index is 0.0520. The van der Waals surface area contributed by atoms with E-state index in [0.29, 0.717) is 5.82 Å². The van der Waals surface area contributed by atoms with E-state index >= 15 is 0 Å². The molecule has 2 aromatic heterocycles. The number of alkyl halides is 3. The van der Waals surface area contributed by atoms with E-state index in [1.807, 2.05) is 31.2 Å². The van der Waals surface area contributed by atoms with E-state index in [2.05, 4.69) is 19.9 Å². The second kappa shape index (κ2) is 5.57. The van der Waals surface area contributed by atoms with Gasteiger partial charge < -0.3 is 0 Å². The summed E-state index contributed by atoms with van der Waals surface area (Å²) in [4.78, 5) is 16.4. The van der Waals surface area contributed by atoms with Gasteiger partial charge in [0, 0.05) is 16.8 Å². The van der Waals surface area contributed by atoms with E-state index in [1.54, 1.807) is 0 Å². The highest BCUT2D eigenvalue weighted by molar-refractivity contribution is 5.80. The molecular formula is C16H13F3N4. The van der Waals surface area contributed by atoms with Gasteiger partial charge >= 0.3 is 6.18 Å². The molecule has 0 aliphatic carbocycles. The molecule has 0 N–H and O–H groups in total. The molecule has 0 aliphatic rings. The Labute approximate surface area is 130 Å². The fraction of sp³-hybridized carbons (Fsp3) is 0.250. The zero-order valence-corrected chi connectivity index (χ0v) is 12.5. The number of benzene rings is 1. The molecule has 1 aromatic carbocycles. The Kier molecular flexibility index (Phi) is 3.71. The van der Waals surface area contributed by atoms with E-state index in [-0.39, 0.29) is 17.9 Å². The number of para-hydroxylation sites is 1. The Balaban J connectivity index is 2.01. The molecule has 0 amide bonds. The summed E-state index contributed by atoms with van der Waals surface area (Å²) >= 11 is 0. The van der Waals surface area contributed by atoms with Crippen LogP contribution in [0.2, 0.25) is 0 Å². The Morgan fingerprint density at radius 3 is 2.35 bits per heavy atom. The lowest BCUT2D eigenvalue weighted by molar-refractivity contribution is -0.141. The molecule has 118 valence electrons. The molecule has 7 heteroatoms. The first-order valence-electron chi connectivity index (χ1n) is 6.97. The molecule has 0 aliphatic heterocycles. The molecule has 0 radical (unpaired) electrons. The third kappa shape index (κ3) is 3.28. The van der Waals surface area contributed by atoms with Crippen LogP contribution in [0.5, 0.6) is 0 Å². The van der Waals surface area contributed by atoms with Crippen LogP contribution in [0.3, 0.4) is 0 Å². The number of hydrogen-bond donors (Lipinski definition) is 0. The van der Waals surface area contributed by atoms with Crippen molar-refractivity contribution in [1.82, 2.24) is 19.9 Å². The monoisotopic (exact) mass is 318 g/mol. The van der Waals surface area contributed by atoms with E-state index in [4.69, 9.17) is 0 Å². The van der Waals surface area contributed by atoms with Crippen LogP contribution in [0, 0.1) is 13.8 Å². The van der Waals surface area contributed by atoms with Gasteiger partial charge in [0.05, 0.1) is 11.9 Å². The standard InChI is InChI=1S/C16H13F3N4/c1-9-7-13(16(17,18)19)23-14(20-9)8-15-21-10(2)11-5-3-4-6-12(11)22-15/h3-7H,8H2,1-2H3. The highest BCUT2D eigenvalue weighted by atomic mass is 19.4. The number of nitrogens with zero attached hydrogens (tertiary/aromatic N) is 4. The van der Waals surface area contributed by atoms with E-state index < -0.39 is 11.9 Å². The van der Waals surface area contributed by atoms with Gasteiger partial charge in [0.15, 0.2) is 0 Å². The number of halogens is 3. The van der Waals surface area contributed by atoms with Crippen molar-refractivity contribution in [2.45, 2.75) is 26.4 Å². The molecule has 0 atom stereocenters. The molecule has 4 nitrogen and oxygen atoms in total. The number of rotatable bonds is 2. The van der Waals surface area contributed by atoms with Crippen LogP contribution in [0.1, 0.15) is 28.7 Å². The average Bonchev–Trinajstić information content (AvgIpc) is 2.46. The summed E-state index contributed by atoms with van der Waals surface area (Å²) in [6.07, 6.45) is -4.45. The normalized spacial score (nSPS) is 11.9. The summed E-state index contributed by atoms with van der Waals surface area (Å²) in [5, 5.41) is 0.914. The predicted octanol–water partition coefficient (Wildman–Crippen LogP) is 3.65. The Hall–Kier alpha value is -2.57. The Morgan fingerprint density at radius 1 is 0.913 bits per heavy atom. The zero-order valence-electron chi connectivity index (χ0n) is 12.5. The number of aromatic nitrogens is 4. The van der Waals surface area contributed by atoms with Crippen molar-refractivity contribution in [3.8, 4) is 0 Å². The summed E-state index contributed by atoms with van der Waals surface area (Å²) in [7, 11) is 0. The molecule has 0 fully saturated rings. The van der Waals surface area contributed by atoms with Crippen molar-refractivity contribution in [3.05, 3.63) is 59.1 Å². The molecule has 2 heterocycles. The van der Waals surface area contributed by atoms with Gasteiger partial charge in [0.2, 0.25) is 0 Å². The molecule has 0 spiro atoms. The second-order valence-electron chi connectivity index (χ2n) is 5.23. The molecule has 0 unspecified atom stereocenters. The van der Waals surface area contributed by atoms with Gasteiger partial charge in [0.25, 0.3) is 0 Å². The van der Waals surface area contributed by atoms with Crippen molar-refractivity contribution in [2.75, 3.05) is 0 Å². The van der Waals surface area contributed by atoms with Gasteiger partial charge in [-0.2, -0.15) is 13.2 Å². The Bertz CT molecular complexity index is 875. The van der Waals surface area contributed by atoms with Crippen LogP contribution in [0.15, 0.2) is 30.3 Å². The van der Waals surface area contributed by atoms with Gasteiger partial charge in [0.1, 0.15) is 17.3 Å². The molecule has 3 rings (SSSR count). The van der Waals surface area contributed by atoms with Gasteiger partial charge in [-0.25, -0.2) is 19.9 Å². The lowest BCUT2D eigenvalue weighted by atomic mass is 10.2. The number of hydrogen-bond acceptors (Lipinski definition) is 4. The van der Waals surface area contributed by atoms with E-state index in [9.17, 15) is 13.2 Å². The fourth-order valence-corrected chi connectivity index (χ4v) is 2.37. The van der Waals surface area contributed by atoms with Crippen LogP contribution in [0.4, 0.5) is 13.2 Å². The summed E-state index contributed by atoms with van der Waals surface area (Å²) < 4.78 is 38.5. The SMILES string of the molecule is Cc1cc(C(F)(F)F)nc(Cc2nc(C)c3ccccc3n2)n1. The first-order valence-corrected chi connectivity index (χ1v) is 6.97. The van der Waals surface area contributed by atoms with Gasteiger partial charge in [-0.3, -0.25) is 0 Å². The van der Waals surface area contributed by atoms with Crippen molar-refractivity contribution >= 4 is 10.9 Å². The van der Waals surface area contributed by atoms with E-state index in [1.165, 1.54) is 6.92 Å². The largest absolute Gasteiger partial charge is 0.433 e. The third-order valence-corrected chi connectivity index (χ3v) is 3.35. The first-order chi connectivity index (χ1) is 10.8. The van der Waals surface area contributed by atoms with Gasteiger partial charge in [-0.15, -0.1) is 0 Å². The van der Waals surface area contributed by atoms with Crippen LogP contribution in [-0.4, -0.2) is 19.9 Å². The maximum absolute atomic E-state index is 12.8. The summed E-state index contributed by atoms with van der Waals surface area (Å²) in [5.74, 6) is 0.465. The minimum atomic E-state index is -4.50. The number of fused-ring (bicyclic) bond motifs is 1. The van der Waals surface area contributed by atoms with Gasteiger partial charge in [-0.05, 0) is 26.0 Å². The highest BCUT2D eigenvalue weighted by Crippen LogP contribution is 2.28. The molecule has 0 bridgehead atoms. The van der Waals surface area contributed by atoms with Crippen LogP contribution in [-0.2, 0) is 12.6 Å². The lowest BCUT2D eigenvalue weighted by Crippen LogP contribution is -2.13. The van der Waals surface area contributed by atoms with Crippen LogP contribution < -0.4 is 0 Å². The topological polar surface area (TPSA) is 51.6 Å². The third-order valence-electron chi connectivity index (χ3n) is 3.35. The minimum Gasteiger partial charge on any atom is -0.238 e.